The van der Waals surface area contributed by atoms with Crippen LogP contribution in [0.5, 0.6) is 0 Å². The van der Waals surface area contributed by atoms with Crippen LogP contribution in [0.25, 0.3) is 0 Å². The quantitative estimate of drug-likeness (QED) is 0.751. The topological polar surface area (TPSA) is 82.7 Å². The van der Waals surface area contributed by atoms with Gasteiger partial charge < -0.3 is 19.9 Å². The summed E-state index contributed by atoms with van der Waals surface area (Å²) < 4.78 is 4.93. The molecule has 106 valence electrons. The Morgan fingerprint density at radius 3 is 2.60 bits per heavy atom. The fourth-order valence-corrected chi connectivity index (χ4v) is 2.01. The van der Waals surface area contributed by atoms with E-state index in [9.17, 15) is 9.90 Å². The first kappa shape index (κ1) is 14.3. The summed E-state index contributed by atoms with van der Waals surface area (Å²) in [7, 11) is 0. The van der Waals surface area contributed by atoms with E-state index >= 15 is 0 Å². The Labute approximate surface area is 116 Å². The highest BCUT2D eigenvalue weighted by atomic mass is 16.4. The van der Waals surface area contributed by atoms with Gasteiger partial charge >= 0.3 is 5.97 Å². The lowest BCUT2D eigenvalue weighted by atomic mass is 9.92. The molecule has 20 heavy (non-hydrogen) atoms. The van der Waals surface area contributed by atoms with Gasteiger partial charge in [0, 0.05) is 12.1 Å². The van der Waals surface area contributed by atoms with Gasteiger partial charge in [0.15, 0.2) is 0 Å². The average molecular weight is 275 g/mol. The molecule has 0 aliphatic carbocycles. The molecule has 0 aliphatic heterocycles. The zero-order chi connectivity index (χ0) is 14.6. The molecule has 5 nitrogen and oxygen atoms in total. The maximum Gasteiger partial charge on any atom is 0.372 e. The second-order valence-corrected chi connectivity index (χ2v) is 4.79. The number of benzene rings is 1. The van der Waals surface area contributed by atoms with Crippen LogP contribution >= 0.6 is 0 Å². The van der Waals surface area contributed by atoms with Gasteiger partial charge in [0.2, 0.25) is 5.76 Å². The lowest BCUT2D eigenvalue weighted by Crippen LogP contribution is -2.42. The van der Waals surface area contributed by atoms with Crippen molar-refractivity contribution in [3.63, 3.8) is 0 Å². The van der Waals surface area contributed by atoms with Crippen LogP contribution in [0, 0.1) is 0 Å². The molecule has 1 aromatic heterocycles. The number of hydrogen-bond donors (Lipinski definition) is 3. The highest BCUT2D eigenvalue weighted by Crippen LogP contribution is 2.21. The van der Waals surface area contributed by atoms with E-state index in [0.717, 1.165) is 5.56 Å². The van der Waals surface area contributed by atoms with Crippen molar-refractivity contribution in [2.75, 3.05) is 6.61 Å². The number of rotatable bonds is 6. The fraction of sp³-hybridized carbons (Fsp3) is 0.267. The third kappa shape index (κ3) is 2.89. The van der Waals surface area contributed by atoms with E-state index in [4.69, 9.17) is 9.52 Å². The predicted octanol–water partition coefficient (Wildman–Crippen LogP) is 1.98. The molecule has 0 bridgehead atoms. The van der Waals surface area contributed by atoms with Crippen LogP contribution in [-0.4, -0.2) is 22.8 Å². The molecule has 0 spiro atoms. The molecule has 0 aliphatic rings. The summed E-state index contributed by atoms with van der Waals surface area (Å²) in [6.45, 7) is 2.06. The fourth-order valence-electron chi connectivity index (χ4n) is 2.01. The number of carbonyl (C=O) groups is 1. The van der Waals surface area contributed by atoms with Crippen molar-refractivity contribution in [1.82, 2.24) is 5.32 Å². The maximum atomic E-state index is 11.0. The first-order valence-electron chi connectivity index (χ1n) is 6.28. The van der Waals surface area contributed by atoms with E-state index in [2.05, 4.69) is 5.32 Å². The minimum atomic E-state index is -1.10. The van der Waals surface area contributed by atoms with E-state index in [1.807, 2.05) is 37.3 Å². The first-order chi connectivity index (χ1) is 9.57. The second kappa shape index (κ2) is 5.90. The van der Waals surface area contributed by atoms with Gasteiger partial charge in [0.25, 0.3) is 0 Å². The zero-order valence-corrected chi connectivity index (χ0v) is 11.2. The van der Waals surface area contributed by atoms with Crippen molar-refractivity contribution in [3.05, 3.63) is 59.5 Å². The van der Waals surface area contributed by atoms with Crippen molar-refractivity contribution in [2.45, 2.75) is 19.0 Å². The summed E-state index contributed by atoms with van der Waals surface area (Å²) in [5.41, 5.74) is 0.838. The highest BCUT2D eigenvalue weighted by molar-refractivity contribution is 5.86. The molecule has 0 fully saturated rings. The smallest absolute Gasteiger partial charge is 0.372 e. The molecule has 1 heterocycles. The minimum absolute atomic E-state index is 0.0779. The summed E-state index contributed by atoms with van der Waals surface area (Å²) in [5.74, 6) is -1.18. The average Bonchev–Trinajstić information content (AvgIpc) is 2.94. The van der Waals surface area contributed by atoms with Gasteiger partial charge in [-0.1, -0.05) is 30.3 Å². The summed E-state index contributed by atoms with van der Waals surface area (Å²) in [6.07, 6.45) is 1.35. The van der Waals surface area contributed by atoms with Crippen molar-refractivity contribution in [1.29, 1.82) is 0 Å². The maximum absolute atomic E-state index is 11.0. The molecule has 5 heteroatoms. The molecule has 1 aromatic carbocycles. The Balaban J connectivity index is 2.15. The molecule has 0 amide bonds. The number of aliphatic hydroxyl groups excluding tert-OH is 1. The van der Waals surface area contributed by atoms with Crippen molar-refractivity contribution in [3.8, 4) is 0 Å². The molecular formula is C15H17NO4. The van der Waals surface area contributed by atoms with E-state index in [0.29, 0.717) is 12.1 Å². The van der Waals surface area contributed by atoms with Gasteiger partial charge in [0.1, 0.15) is 0 Å². The largest absolute Gasteiger partial charge is 0.475 e. The molecular weight excluding hydrogens is 258 g/mol. The Bertz CT molecular complexity index is 579. The van der Waals surface area contributed by atoms with Gasteiger partial charge in [-0.25, -0.2) is 4.79 Å². The van der Waals surface area contributed by atoms with Crippen LogP contribution in [0.4, 0.5) is 0 Å². The summed E-state index contributed by atoms with van der Waals surface area (Å²) >= 11 is 0. The van der Waals surface area contributed by atoms with Crippen molar-refractivity contribution >= 4 is 5.97 Å². The van der Waals surface area contributed by atoms with Gasteiger partial charge in [-0.3, -0.25) is 0 Å². The van der Waals surface area contributed by atoms with Gasteiger partial charge in [-0.2, -0.15) is 0 Å². The SMILES string of the molecule is CC(CO)(NCc1ccoc1C(=O)O)c1ccccc1. The van der Waals surface area contributed by atoms with Crippen molar-refractivity contribution in [2.24, 2.45) is 0 Å². The Kier molecular flexibility index (Phi) is 4.22. The van der Waals surface area contributed by atoms with E-state index in [1.54, 1.807) is 6.07 Å². The number of aliphatic hydroxyl groups is 1. The van der Waals surface area contributed by atoms with Crippen LogP contribution in [0.15, 0.2) is 47.1 Å². The lowest BCUT2D eigenvalue weighted by Gasteiger charge is -2.29. The van der Waals surface area contributed by atoms with Crippen LogP contribution < -0.4 is 5.32 Å². The number of aromatic carboxylic acids is 1. The summed E-state index contributed by atoms with van der Waals surface area (Å²) in [5, 5.41) is 21.8. The Morgan fingerprint density at radius 1 is 1.30 bits per heavy atom. The predicted molar refractivity (Wildman–Crippen MR) is 73.4 cm³/mol. The molecule has 1 atom stereocenters. The van der Waals surface area contributed by atoms with E-state index < -0.39 is 11.5 Å². The number of hydrogen-bond acceptors (Lipinski definition) is 4. The Hall–Kier alpha value is -2.11. The van der Waals surface area contributed by atoms with E-state index in [1.165, 1.54) is 6.26 Å². The summed E-state index contributed by atoms with van der Waals surface area (Å²) in [6, 6.07) is 11.1. The monoisotopic (exact) mass is 275 g/mol. The number of nitrogens with one attached hydrogen (secondary N) is 1. The van der Waals surface area contributed by atoms with Crippen LogP contribution in [0.2, 0.25) is 0 Å². The lowest BCUT2D eigenvalue weighted by molar-refractivity contribution is 0.0660. The first-order valence-corrected chi connectivity index (χ1v) is 6.28. The molecule has 3 N–H and O–H groups in total. The van der Waals surface area contributed by atoms with Crippen LogP contribution in [0.1, 0.15) is 28.6 Å². The van der Waals surface area contributed by atoms with E-state index in [-0.39, 0.29) is 12.4 Å². The third-order valence-electron chi connectivity index (χ3n) is 3.34. The van der Waals surface area contributed by atoms with Gasteiger partial charge in [-0.05, 0) is 18.6 Å². The number of carboxylic acid groups (broad SMARTS) is 1. The molecule has 1 unspecified atom stereocenters. The third-order valence-corrected chi connectivity index (χ3v) is 3.34. The van der Waals surface area contributed by atoms with Gasteiger partial charge in [-0.15, -0.1) is 0 Å². The highest BCUT2D eigenvalue weighted by Gasteiger charge is 2.26. The molecule has 2 rings (SSSR count). The summed E-state index contributed by atoms with van der Waals surface area (Å²) in [4.78, 5) is 11.0. The van der Waals surface area contributed by atoms with Crippen LogP contribution in [-0.2, 0) is 12.1 Å². The Morgan fingerprint density at radius 2 is 2.00 bits per heavy atom. The molecule has 0 saturated carbocycles. The molecule has 2 aromatic rings. The molecule has 0 saturated heterocycles. The molecule has 0 radical (unpaired) electrons. The standard InChI is InChI=1S/C15H17NO4/c1-15(10-17,12-5-3-2-4-6-12)16-9-11-7-8-20-13(11)14(18)19/h2-8,16-17H,9-10H2,1H3,(H,18,19). The van der Waals surface area contributed by atoms with Gasteiger partial charge in [0.05, 0.1) is 18.4 Å². The number of furan rings is 1. The van der Waals surface area contributed by atoms with Crippen molar-refractivity contribution < 1.29 is 19.4 Å². The van der Waals surface area contributed by atoms with Crippen LogP contribution in [0.3, 0.4) is 0 Å². The second-order valence-electron chi connectivity index (χ2n) is 4.79. The normalized spacial score (nSPS) is 13.9. The zero-order valence-electron chi connectivity index (χ0n) is 11.2. The minimum Gasteiger partial charge on any atom is -0.475 e. The number of carboxylic acids is 1.